The van der Waals surface area contributed by atoms with E-state index in [1.165, 1.54) is 5.56 Å². The highest BCUT2D eigenvalue weighted by Crippen LogP contribution is 2.27. The van der Waals surface area contributed by atoms with Crippen LogP contribution in [-0.2, 0) is 12.8 Å². The molecule has 1 aromatic carbocycles. The summed E-state index contributed by atoms with van der Waals surface area (Å²) in [6.07, 6.45) is 3.56. The normalized spacial score (nSPS) is 10.8. The van der Waals surface area contributed by atoms with Crippen molar-refractivity contribution in [1.29, 1.82) is 0 Å². The molecule has 0 saturated heterocycles. The van der Waals surface area contributed by atoms with Crippen LogP contribution in [0.4, 0.5) is 5.69 Å². The van der Waals surface area contributed by atoms with Gasteiger partial charge in [0.1, 0.15) is 5.76 Å². The van der Waals surface area contributed by atoms with Gasteiger partial charge in [0, 0.05) is 0 Å². The van der Waals surface area contributed by atoms with Crippen LogP contribution >= 0.6 is 0 Å². The smallest absolute Gasteiger partial charge is 0.143 e. The van der Waals surface area contributed by atoms with Crippen LogP contribution in [-0.4, -0.2) is 10.1 Å². The van der Waals surface area contributed by atoms with Crippen molar-refractivity contribution in [3.05, 3.63) is 65.2 Å². The third-order valence-electron chi connectivity index (χ3n) is 3.84. The molecule has 2 aromatic heterocycles. The number of nitrogens with two attached hydrogens (primary N) is 1. The van der Waals surface area contributed by atoms with Gasteiger partial charge in [0.2, 0.25) is 0 Å². The van der Waals surface area contributed by atoms with Crippen molar-refractivity contribution in [2.45, 2.75) is 26.7 Å². The Labute approximate surface area is 130 Å². The van der Waals surface area contributed by atoms with Crippen LogP contribution in [0.3, 0.4) is 0 Å². The number of benzene rings is 1. The minimum absolute atomic E-state index is 0.728. The van der Waals surface area contributed by atoms with Gasteiger partial charge < -0.3 is 10.3 Å². The molecule has 0 radical (unpaired) electrons. The zero-order chi connectivity index (χ0) is 15.5. The lowest BCUT2D eigenvalue weighted by molar-refractivity contribution is 0.393. The highest BCUT2D eigenvalue weighted by atomic mass is 16.5. The van der Waals surface area contributed by atoms with Crippen molar-refractivity contribution >= 4 is 5.69 Å². The molecule has 0 saturated carbocycles. The standard InChI is InChI=1S/C18H19N3O/c1-12-18(13(2)22-21-12)17-10-15(16(19)11-20-17)9-8-14-6-4-3-5-7-14/h3-7,10-11H,8-9,19H2,1-2H3. The second kappa shape index (κ2) is 6.02. The number of anilines is 1. The van der Waals surface area contributed by atoms with Crippen LogP contribution in [0.2, 0.25) is 0 Å². The highest BCUT2D eigenvalue weighted by molar-refractivity contribution is 5.66. The molecule has 0 aliphatic rings. The van der Waals surface area contributed by atoms with Crippen molar-refractivity contribution < 1.29 is 4.52 Å². The molecule has 2 N–H and O–H groups in total. The first kappa shape index (κ1) is 14.3. The lowest BCUT2D eigenvalue weighted by Crippen LogP contribution is -2.00. The first-order valence-corrected chi connectivity index (χ1v) is 7.36. The summed E-state index contributed by atoms with van der Waals surface area (Å²) < 4.78 is 5.23. The Morgan fingerprint density at radius 3 is 2.55 bits per heavy atom. The molecule has 0 amide bonds. The highest BCUT2D eigenvalue weighted by Gasteiger charge is 2.14. The molecule has 0 fully saturated rings. The fourth-order valence-corrected chi connectivity index (χ4v) is 2.63. The number of aromatic nitrogens is 2. The summed E-state index contributed by atoms with van der Waals surface area (Å²) in [5.41, 5.74) is 11.9. The largest absolute Gasteiger partial charge is 0.397 e. The Hall–Kier alpha value is -2.62. The predicted octanol–water partition coefficient (Wildman–Crippen LogP) is 3.72. The summed E-state index contributed by atoms with van der Waals surface area (Å²) in [4.78, 5) is 4.43. The van der Waals surface area contributed by atoms with E-state index in [9.17, 15) is 0 Å². The zero-order valence-electron chi connectivity index (χ0n) is 12.8. The predicted molar refractivity (Wildman–Crippen MR) is 87.5 cm³/mol. The Morgan fingerprint density at radius 2 is 1.86 bits per heavy atom. The van der Waals surface area contributed by atoms with Gasteiger partial charge in [-0.25, -0.2) is 0 Å². The molecule has 0 unspecified atom stereocenters. The van der Waals surface area contributed by atoms with Crippen molar-refractivity contribution in [2.24, 2.45) is 0 Å². The second-order valence-electron chi connectivity index (χ2n) is 5.45. The Bertz CT molecular complexity index is 759. The number of hydrogen-bond donors (Lipinski definition) is 1. The van der Waals surface area contributed by atoms with Gasteiger partial charge >= 0.3 is 0 Å². The average molecular weight is 293 g/mol. The average Bonchev–Trinajstić information content (AvgIpc) is 2.87. The minimum atomic E-state index is 0.728. The van der Waals surface area contributed by atoms with Gasteiger partial charge in [-0.3, -0.25) is 4.98 Å². The number of nitrogens with zero attached hydrogens (tertiary/aromatic N) is 2. The summed E-state index contributed by atoms with van der Waals surface area (Å²) in [6.45, 7) is 3.82. The topological polar surface area (TPSA) is 64.9 Å². The van der Waals surface area contributed by atoms with Crippen LogP contribution in [0.15, 0.2) is 47.1 Å². The molecule has 3 aromatic rings. The molecule has 4 heteroatoms. The fraction of sp³-hybridized carbons (Fsp3) is 0.222. The number of nitrogen functional groups attached to an aromatic ring is 1. The van der Waals surface area contributed by atoms with E-state index in [0.717, 1.165) is 46.8 Å². The maximum Gasteiger partial charge on any atom is 0.143 e. The summed E-state index contributed by atoms with van der Waals surface area (Å²) in [7, 11) is 0. The van der Waals surface area contributed by atoms with Crippen LogP contribution in [0.25, 0.3) is 11.3 Å². The van der Waals surface area contributed by atoms with Crippen LogP contribution in [0.1, 0.15) is 22.6 Å². The first-order chi connectivity index (χ1) is 10.6. The van der Waals surface area contributed by atoms with E-state index in [1.807, 2.05) is 26.0 Å². The molecule has 0 spiro atoms. The molecule has 2 heterocycles. The number of hydrogen-bond acceptors (Lipinski definition) is 4. The molecule has 22 heavy (non-hydrogen) atoms. The summed E-state index contributed by atoms with van der Waals surface area (Å²) in [5, 5.41) is 3.99. The van der Waals surface area contributed by atoms with Gasteiger partial charge in [0.25, 0.3) is 0 Å². The lowest BCUT2D eigenvalue weighted by atomic mass is 10.0. The molecule has 3 rings (SSSR count). The number of pyridine rings is 1. The van der Waals surface area contributed by atoms with Crippen LogP contribution < -0.4 is 5.73 Å². The Kier molecular flexibility index (Phi) is 3.92. The van der Waals surface area contributed by atoms with Gasteiger partial charge in [0.15, 0.2) is 0 Å². The third-order valence-corrected chi connectivity index (χ3v) is 3.84. The molecule has 0 aliphatic heterocycles. The second-order valence-corrected chi connectivity index (χ2v) is 5.45. The molecule has 4 nitrogen and oxygen atoms in total. The SMILES string of the molecule is Cc1noc(C)c1-c1cc(CCc2ccccc2)c(N)cn1. The van der Waals surface area contributed by atoms with Crippen LogP contribution in [0, 0.1) is 13.8 Å². The quantitative estimate of drug-likeness (QED) is 0.796. The monoisotopic (exact) mass is 293 g/mol. The zero-order valence-corrected chi connectivity index (χ0v) is 12.8. The van der Waals surface area contributed by atoms with Crippen molar-refractivity contribution in [1.82, 2.24) is 10.1 Å². The molecule has 112 valence electrons. The van der Waals surface area contributed by atoms with Gasteiger partial charge in [0.05, 0.1) is 28.8 Å². The van der Waals surface area contributed by atoms with E-state index in [0.29, 0.717) is 0 Å². The van der Waals surface area contributed by atoms with E-state index >= 15 is 0 Å². The first-order valence-electron chi connectivity index (χ1n) is 7.36. The molecular weight excluding hydrogens is 274 g/mol. The van der Waals surface area contributed by atoms with E-state index in [2.05, 4.69) is 34.4 Å². The van der Waals surface area contributed by atoms with Gasteiger partial charge in [-0.1, -0.05) is 35.5 Å². The van der Waals surface area contributed by atoms with Gasteiger partial charge in [-0.2, -0.15) is 0 Å². The summed E-state index contributed by atoms with van der Waals surface area (Å²) >= 11 is 0. The van der Waals surface area contributed by atoms with Crippen molar-refractivity contribution in [2.75, 3.05) is 5.73 Å². The minimum Gasteiger partial charge on any atom is -0.397 e. The van der Waals surface area contributed by atoms with Crippen molar-refractivity contribution in [3.63, 3.8) is 0 Å². The summed E-state index contributed by atoms with van der Waals surface area (Å²) in [5.74, 6) is 0.781. The molecule has 0 aliphatic carbocycles. The maximum absolute atomic E-state index is 6.08. The Balaban J connectivity index is 1.87. The van der Waals surface area contributed by atoms with Crippen molar-refractivity contribution in [3.8, 4) is 11.3 Å². The van der Waals surface area contributed by atoms with Crippen LogP contribution in [0.5, 0.6) is 0 Å². The fourth-order valence-electron chi connectivity index (χ4n) is 2.63. The Morgan fingerprint density at radius 1 is 1.09 bits per heavy atom. The number of rotatable bonds is 4. The molecular formula is C18H19N3O. The van der Waals surface area contributed by atoms with E-state index in [4.69, 9.17) is 10.3 Å². The molecule has 0 bridgehead atoms. The maximum atomic E-state index is 6.08. The number of aryl methyl sites for hydroxylation is 4. The van der Waals surface area contributed by atoms with E-state index < -0.39 is 0 Å². The lowest BCUT2D eigenvalue weighted by Gasteiger charge is -2.08. The van der Waals surface area contributed by atoms with E-state index in [1.54, 1.807) is 6.20 Å². The molecule has 0 atom stereocenters. The van der Waals surface area contributed by atoms with Gasteiger partial charge in [-0.05, 0) is 43.9 Å². The summed E-state index contributed by atoms with van der Waals surface area (Å²) in [6, 6.07) is 12.4. The van der Waals surface area contributed by atoms with Gasteiger partial charge in [-0.15, -0.1) is 0 Å². The third kappa shape index (κ3) is 2.86. The van der Waals surface area contributed by atoms with E-state index in [-0.39, 0.29) is 0 Å².